The van der Waals surface area contributed by atoms with E-state index in [1.165, 1.54) is 24.3 Å². The third kappa shape index (κ3) is 3.29. The number of nitro benzene ring substituents is 1. The van der Waals surface area contributed by atoms with Crippen LogP contribution in [0.5, 0.6) is 0 Å². The summed E-state index contributed by atoms with van der Waals surface area (Å²) in [5, 5.41) is 13.4. The number of thioether (sulfide) groups is 1. The predicted molar refractivity (Wildman–Crippen MR) is 77.1 cm³/mol. The zero-order chi connectivity index (χ0) is 14.6. The van der Waals surface area contributed by atoms with Crippen LogP contribution in [0.2, 0.25) is 0 Å². The molecule has 0 aromatic heterocycles. The highest BCUT2D eigenvalue weighted by Crippen LogP contribution is 2.30. The van der Waals surface area contributed by atoms with E-state index >= 15 is 0 Å². The molecule has 1 fully saturated rings. The minimum atomic E-state index is -0.489. The Hall–Kier alpha value is -1.60. The highest BCUT2D eigenvalue weighted by molar-refractivity contribution is 7.99. The number of amides is 1. The Labute approximate surface area is 121 Å². The maximum atomic E-state index is 12.0. The van der Waals surface area contributed by atoms with Crippen LogP contribution in [-0.4, -0.2) is 41.6 Å². The van der Waals surface area contributed by atoms with Crippen molar-refractivity contribution in [2.45, 2.75) is 12.0 Å². The molecule has 1 aromatic carbocycles. The van der Waals surface area contributed by atoms with Gasteiger partial charge < -0.3 is 10.1 Å². The van der Waals surface area contributed by atoms with Crippen LogP contribution in [0.1, 0.15) is 16.8 Å². The molecule has 1 aliphatic rings. The van der Waals surface area contributed by atoms with E-state index in [0.717, 1.165) is 17.9 Å². The number of methoxy groups -OCH3 is 1. The smallest absolute Gasteiger partial charge is 0.269 e. The number of non-ortho nitro benzene ring substituents is 1. The fourth-order valence-electron chi connectivity index (χ4n) is 2.04. The van der Waals surface area contributed by atoms with Crippen molar-refractivity contribution in [2.24, 2.45) is 0 Å². The summed E-state index contributed by atoms with van der Waals surface area (Å²) in [4.78, 5) is 22.1. The molecular weight excluding hydrogens is 280 g/mol. The van der Waals surface area contributed by atoms with Gasteiger partial charge in [-0.2, -0.15) is 11.8 Å². The van der Waals surface area contributed by atoms with Gasteiger partial charge >= 0.3 is 0 Å². The third-order valence-electron chi connectivity index (χ3n) is 3.41. The summed E-state index contributed by atoms with van der Waals surface area (Å²) >= 11 is 1.81. The van der Waals surface area contributed by atoms with Gasteiger partial charge in [-0.15, -0.1) is 0 Å². The normalized spacial score (nSPS) is 21.6. The standard InChI is InChI=1S/C13H16N2O4S/c1-19-13(6-7-20-9-13)8-14-12(16)10-2-4-11(5-3-10)15(17)18/h2-5H,6-9H2,1H3,(H,14,16). The number of rotatable bonds is 5. The van der Waals surface area contributed by atoms with Crippen LogP contribution in [-0.2, 0) is 4.74 Å². The van der Waals surface area contributed by atoms with Gasteiger partial charge in [-0.1, -0.05) is 0 Å². The van der Waals surface area contributed by atoms with E-state index < -0.39 is 4.92 Å². The fraction of sp³-hybridized carbons (Fsp3) is 0.462. The molecule has 1 heterocycles. The Morgan fingerprint density at radius 3 is 2.70 bits per heavy atom. The number of nitrogens with zero attached hydrogens (tertiary/aromatic N) is 1. The van der Waals surface area contributed by atoms with Gasteiger partial charge in [0.15, 0.2) is 0 Å². The highest BCUT2D eigenvalue weighted by atomic mass is 32.2. The highest BCUT2D eigenvalue weighted by Gasteiger charge is 2.34. The lowest BCUT2D eigenvalue weighted by Gasteiger charge is -2.26. The van der Waals surface area contributed by atoms with Gasteiger partial charge in [0.2, 0.25) is 0 Å². The number of ether oxygens (including phenoxy) is 1. The second-order valence-electron chi connectivity index (χ2n) is 4.68. The van der Waals surface area contributed by atoms with E-state index in [0.29, 0.717) is 12.1 Å². The number of nitrogens with one attached hydrogen (secondary N) is 1. The molecule has 0 radical (unpaired) electrons. The molecule has 1 aliphatic heterocycles. The summed E-state index contributed by atoms with van der Waals surface area (Å²) in [6, 6.07) is 5.56. The van der Waals surface area contributed by atoms with Crippen molar-refractivity contribution < 1.29 is 14.5 Å². The summed E-state index contributed by atoms with van der Waals surface area (Å²) in [6.45, 7) is 0.451. The Kier molecular flexibility index (Phi) is 4.61. The van der Waals surface area contributed by atoms with Gasteiger partial charge in [-0.25, -0.2) is 0 Å². The Balaban J connectivity index is 1.96. The van der Waals surface area contributed by atoms with Crippen molar-refractivity contribution in [3.8, 4) is 0 Å². The van der Waals surface area contributed by atoms with Crippen LogP contribution in [0.3, 0.4) is 0 Å². The SMILES string of the molecule is COC1(CNC(=O)c2ccc([N+](=O)[O-])cc2)CCSC1. The molecule has 0 bridgehead atoms. The lowest BCUT2D eigenvalue weighted by molar-refractivity contribution is -0.384. The molecule has 0 saturated carbocycles. The number of hydrogen-bond acceptors (Lipinski definition) is 5. The quantitative estimate of drug-likeness (QED) is 0.662. The van der Waals surface area contributed by atoms with E-state index in [9.17, 15) is 14.9 Å². The Morgan fingerprint density at radius 2 is 2.20 bits per heavy atom. The molecule has 108 valence electrons. The van der Waals surface area contributed by atoms with Crippen LogP contribution in [0.15, 0.2) is 24.3 Å². The van der Waals surface area contributed by atoms with Crippen LogP contribution in [0.4, 0.5) is 5.69 Å². The summed E-state index contributed by atoms with van der Waals surface area (Å²) in [6.07, 6.45) is 0.911. The number of benzene rings is 1. The van der Waals surface area contributed by atoms with Crippen LogP contribution >= 0.6 is 11.8 Å². The van der Waals surface area contributed by atoms with Gasteiger partial charge in [0, 0.05) is 37.1 Å². The molecule has 0 spiro atoms. The van der Waals surface area contributed by atoms with Gasteiger partial charge in [0.05, 0.1) is 10.5 Å². The Morgan fingerprint density at radius 1 is 1.50 bits per heavy atom. The molecule has 20 heavy (non-hydrogen) atoms. The van der Waals surface area contributed by atoms with E-state index in [1.807, 2.05) is 0 Å². The van der Waals surface area contributed by atoms with Crippen LogP contribution < -0.4 is 5.32 Å². The molecule has 6 nitrogen and oxygen atoms in total. The molecule has 7 heteroatoms. The topological polar surface area (TPSA) is 81.5 Å². The molecule has 2 rings (SSSR count). The van der Waals surface area contributed by atoms with Crippen molar-refractivity contribution in [3.05, 3.63) is 39.9 Å². The molecule has 1 aromatic rings. The predicted octanol–water partition coefficient (Wildman–Crippen LogP) is 1.85. The van der Waals surface area contributed by atoms with Gasteiger partial charge in [-0.05, 0) is 24.3 Å². The van der Waals surface area contributed by atoms with Gasteiger partial charge in [0.1, 0.15) is 0 Å². The lowest BCUT2D eigenvalue weighted by Crippen LogP contribution is -2.44. The first-order valence-electron chi connectivity index (χ1n) is 6.22. The lowest BCUT2D eigenvalue weighted by atomic mass is 10.0. The first-order chi connectivity index (χ1) is 9.56. The summed E-state index contributed by atoms with van der Waals surface area (Å²) in [5.74, 6) is 1.65. The number of carbonyl (C=O) groups is 1. The minimum absolute atomic E-state index is 0.0258. The second kappa shape index (κ2) is 6.23. The largest absolute Gasteiger partial charge is 0.376 e. The molecule has 1 amide bonds. The summed E-state index contributed by atoms with van der Waals surface area (Å²) < 4.78 is 5.51. The van der Waals surface area contributed by atoms with Gasteiger partial charge in [-0.3, -0.25) is 14.9 Å². The van der Waals surface area contributed by atoms with Gasteiger partial charge in [0.25, 0.3) is 11.6 Å². The molecule has 1 atom stereocenters. The zero-order valence-electron chi connectivity index (χ0n) is 11.1. The van der Waals surface area contributed by atoms with E-state index in [2.05, 4.69) is 5.32 Å². The first-order valence-corrected chi connectivity index (χ1v) is 7.37. The third-order valence-corrected chi connectivity index (χ3v) is 4.63. The van der Waals surface area contributed by atoms with Crippen LogP contribution in [0, 0.1) is 10.1 Å². The number of nitro groups is 1. The molecular formula is C13H16N2O4S. The molecule has 0 aliphatic carbocycles. The first kappa shape index (κ1) is 14.8. The maximum absolute atomic E-state index is 12.0. The maximum Gasteiger partial charge on any atom is 0.269 e. The monoisotopic (exact) mass is 296 g/mol. The van der Waals surface area contributed by atoms with Crippen molar-refractivity contribution in [3.63, 3.8) is 0 Å². The fourth-order valence-corrected chi connectivity index (χ4v) is 3.44. The molecule has 1 saturated heterocycles. The Bertz CT molecular complexity index is 498. The van der Waals surface area contributed by atoms with Crippen molar-refractivity contribution in [2.75, 3.05) is 25.2 Å². The van der Waals surface area contributed by atoms with Crippen molar-refractivity contribution in [1.82, 2.24) is 5.32 Å². The van der Waals surface area contributed by atoms with Crippen LogP contribution in [0.25, 0.3) is 0 Å². The van der Waals surface area contributed by atoms with E-state index in [4.69, 9.17) is 4.74 Å². The average Bonchev–Trinajstić information content (AvgIpc) is 2.94. The minimum Gasteiger partial charge on any atom is -0.376 e. The number of hydrogen-bond donors (Lipinski definition) is 1. The molecule has 1 unspecified atom stereocenters. The van der Waals surface area contributed by atoms with Crippen molar-refractivity contribution >= 4 is 23.4 Å². The molecule has 1 N–H and O–H groups in total. The zero-order valence-corrected chi connectivity index (χ0v) is 11.9. The van der Waals surface area contributed by atoms with Crippen molar-refractivity contribution in [1.29, 1.82) is 0 Å². The van der Waals surface area contributed by atoms with E-state index in [-0.39, 0.29) is 17.2 Å². The summed E-state index contributed by atoms with van der Waals surface area (Å²) in [7, 11) is 1.66. The second-order valence-corrected chi connectivity index (χ2v) is 5.78. The van der Waals surface area contributed by atoms with E-state index in [1.54, 1.807) is 18.9 Å². The number of carbonyl (C=O) groups excluding carboxylic acids is 1. The summed E-state index contributed by atoms with van der Waals surface area (Å²) in [5.41, 5.74) is 0.0933. The average molecular weight is 296 g/mol.